The van der Waals surface area contributed by atoms with Crippen molar-refractivity contribution in [2.75, 3.05) is 6.61 Å². The van der Waals surface area contributed by atoms with Crippen molar-refractivity contribution in [3.05, 3.63) is 0 Å². The maximum atomic E-state index is 12.7. The predicted octanol–water partition coefficient (Wildman–Crippen LogP) is 4.57. The summed E-state index contributed by atoms with van der Waals surface area (Å²) in [6.45, 7) is 1.24. The van der Waals surface area contributed by atoms with Crippen molar-refractivity contribution in [1.29, 1.82) is 0 Å². The summed E-state index contributed by atoms with van der Waals surface area (Å²) in [5.41, 5.74) is -0.219. The number of esters is 1. The fraction of sp³-hybridized carbons (Fsp3) is 0.941. The summed E-state index contributed by atoms with van der Waals surface area (Å²) in [4.78, 5) is 12.5. The SMILES string of the molecule is CC(F)(F)CCCCOC(=O)C12CC3CC(CC(C3)C1)C2. The molecule has 0 spiro atoms. The fourth-order valence-electron chi connectivity index (χ4n) is 5.22. The van der Waals surface area contributed by atoms with E-state index in [0.29, 0.717) is 19.4 Å². The summed E-state index contributed by atoms with van der Waals surface area (Å²) in [7, 11) is 0. The van der Waals surface area contributed by atoms with Gasteiger partial charge in [0.1, 0.15) is 0 Å². The van der Waals surface area contributed by atoms with Gasteiger partial charge < -0.3 is 4.74 Å². The lowest BCUT2D eigenvalue weighted by molar-refractivity contribution is -0.171. The topological polar surface area (TPSA) is 26.3 Å². The van der Waals surface area contributed by atoms with E-state index in [1.807, 2.05) is 0 Å². The molecule has 4 fully saturated rings. The minimum atomic E-state index is -2.61. The van der Waals surface area contributed by atoms with Gasteiger partial charge in [-0.3, -0.25) is 4.79 Å². The molecular formula is C17H26F2O2. The average Bonchev–Trinajstić information content (AvgIpc) is 2.35. The third kappa shape index (κ3) is 3.40. The summed E-state index contributed by atoms with van der Waals surface area (Å²) in [5, 5.41) is 0. The van der Waals surface area contributed by atoms with Gasteiger partial charge in [-0.25, -0.2) is 8.78 Å². The molecule has 0 unspecified atom stereocenters. The summed E-state index contributed by atoms with van der Waals surface area (Å²) in [5.74, 6) is -0.471. The van der Waals surface area contributed by atoms with E-state index in [1.165, 1.54) is 19.3 Å². The number of ether oxygens (including phenoxy) is 1. The Hall–Kier alpha value is -0.670. The van der Waals surface area contributed by atoms with E-state index in [9.17, 15) is 13.6 Å². The Morgan fingerprint density at radius 3 is 2.10 bits per heavy atom. The van der Waals surface area contributed by atoms with Crippen LogP contribution in [-0.4, -0.2) is 18.5 Å². The van der Waals surface area contributed by atoms with E-state index in [4.69, 9.17) is 4.74 Å². The molecule has 0 aliphatic heterocycles. The second kappa shape index (κ2) is 5.51. The maximum Gasteiger partial charge on any atom is 0.312 e. The molecule has 0 atom stereocenters. The molecule has 4 rings (SSSR count). The standard InChI is InChI=1S/C17H26F2O2/c1-16(18,19)4-2-3-5-21-15(20)17-9-12-6-13(10-17)8-14(7-12)11-17/h12-14H,2-11H2,1H3. The lowest BCUT2D eigenvalue weighted by Gasteiger charge is -2.55. The van der Waals surface area contributed by atoms with E-state index in [-0.39, 0.29) is 17.8 Å². The van der Waals surface area contributed by atoms with Crippen LogP contribution >= 0.6 is 0 Å². The average molecular weight is 300 g/mol. The van der Waals surface area contributed by atoms with Crippen molar-refractivity contribution in [3.8, 4) is 0 Å². The van der Waals surface area contributed by atoms with Gasteiger partial charge in [0.2, 0.25) is 5.92 Å². The van der Waals surface area contributed by atoms with Crippen LogP contribution < -0.4 is 0 Å². The number of carbonyl (C=O) groups is 1. The van der Waals surface area contributed by atoms with Crippen LogP contribution in [0.5, 0.6) is 0 Å². The van der Waals surface area contributed by atoms with Crippen LogP contribution in [0.4, 0.5) is 8.78 Å². The van der Waals surface area contributed by atoms with Gasteiger partial charge in [0.05, 0.1) is 12.0 Å². The number of hydrogen-bond acceptors (Lipinski definition) is 2. The van der Waals surface area contributed by atoms with Crippen molar-refractivity contribution < 1.29 is 18.3 Å². The van der Waals surface area contributed by atoms with Crippen LogP contribution in [-0.2, 0) is 9.53 Å². The second-order valence-electron chi connectivity index (χ2n) is 7.86. The van der Waals surface area contributed by atoms with E-state index in [0.717, 1.165) is 43.9 Å². The van der Waals surface area contributed by atoms with Crippen LogP contribution in [0.25, 0.3) is 0 Å². The molecule has 4 saturated carbocycles. The van der Waals surface area contributed by atoms with Gasteiger partial charge in [-0.1, -0.05) is 0 Å². The Kier molecular flexibility index (Phi) is 4.00. The minimum Gasteiger partial charge on any atom is -0.465 e. The smallest absolute Gasteiger partial charge is 0.312 e. The van der Waals surface area contributed by atoms with Gasteiger partial charge >= 0.3 is 5.97 Å². The van der Waals surface area contributed by atoms with E-state index in [2.05, 4.69) is 0 Å². The van der Waals surface area contributed by atoms with Crippen LogP contribution in [0.2, 0.25) is 0 Å². The molecule has 0 aromatic heterocycles. The van der Waals surface area contributed by atoms with Crippen LogP contribution in [0.3, 0.4) is 0 Å². The Labute approximate surface area is 125 Å². The van der Waals surface area contributed by atoms with Crippen molar-refractivity contribution in [3.63, 3.8) is 0 Å². The van der Waals surface area contributed by atoms with Crippen molar-refractivity contribution in [2.45, 2.75) is 70.6 Å². The summed E-state index contributed by atoms with van der Waals surface area (Å²) < 4.78 is 30.9. The normalized spacial score (nSPS) is 37.8. The first-order chi connectivity index (χ1) is 9.86. The molecule has 4 bridgehead atoms. The van der Waals surface area contributed by atoms with Crippen LogP contribution in [0.15, 0.2) is 0 Å². The predicted molar refractivity (Wildman–Crippen MR) is 76.0 cm³/mol. The first kappa shape index (κ1) is 15.2. The largest absolute Gasteiger partial charge is 0.465 e. The van der Waals surface area contributed by atoms with Gasteiger partial charge in [-0.15, -0.1) is 0 Å². The van der Waals surface area contributed by atoms with Crippen LogP contribution in [0, 0.1) is 23.2 Å². The molecule has 0 amide bonds. The zero-order valence-corrected chi connectivity index (χ0v) is 12.9. The van der Waals surface area contributed by atoms with E-state index in [1.54, 1.807) is 0 Å². The third-order valence-electron chi connectivity index (χ3n) is 5.71. The van der Waals surface area contributed by atoms with Gasteiger partial charge in [-0.2, -0.15) is 0 Å². The lowest BCUT2D eigenvalue weighted by Crippen LogP contribution is -2.50. The molecule has 0 heterocycles. The molecular weight excluding hydrogens is 274 g/mol. The number of hydrogen-bond donors (Lipinski definition) is 0. The second-order valence-corrected chi connectivity index (χ2v) is 7.86. The first-order valence-corrected chi connectivity index (χ1v) is 8.41. The molecule has 21 heavy (non-hydrogen) atoms. The Balaban J connectivity index is 1.45. The molecule has 0 radical (unpaired) electrons. The Morgan fingerprint density at radius 2 is 1.62 bits per heavy atom. The molecule has 120 valence electrons. The lowest BCUT2D eigenvalue weighted by atomic mass is 9.49. The molecule has 0 aromatic carbocycles. The first-order valence-electron chi connectivity index (χ1n) is 8.41. The van der Waals surface area contributed by atoms with Crippen molar-refractivity contribution >= 4 is 5.97 Å². The number of halogens is 2. The fourth-order valence-corrected chi connectivity index (χ4v) is 5.22. The zero-order valence-electron chi connectivity index (χ0n) is 12.9. The van der Waals surface area contributed by atoms with Gasteiger partial charge in [0.15, 0.2) is 0 Å². The summed E-state index contributed by atoms with van der Waals surface area (Å²) >= 11 is 0. The molecule has 0 saturated heterocycles. The van der Waals surface area contributed by atoms with Gasteiger partial charge in [0.25, 0.3) is 0 Å². The van der Waals surface area contributed by atoms with Gasteiger partial charge in [-0.05, 0) is 76.0 Å². The molecule has 0 aromatic rings. The highest BCUT2D eigenvalue weighted by Gasteiger charge is 2.55. The monoisotopic (exact) mass is 300 g/mol. The number of carbonyl (C=O) groups excluding carboxylic acids is 1. The van der Waals surface area contributed by atoms with Crippen molar-refractivity contribution in [2.24, 2.45) is 23.2 Å². The van der Waals surface area contributed by atoms with Crippen LogP contribution in [0.1, 0.15) is 64.7 Å². The van der Waals surface area contributed by atoms with E-state index < -0.39 is 5.92 Å². The third-order valence-corrected chi connectivity index (χ3v) is 5.71. The highest BCUT2D eigenvalue weighted by atomic mass is 19.3. The molecule has 0 N–H and O–H groups in total. The summed E-state index contributed by atoms with van der Waals surface area (Å²) in [6.07, 6.45) is 7.76. The van der Waals surface area contributed by atoms with Crippen molar-refractivity contribution in [1.82, 2.24) is 0 Å². The highest BCUT2D eigenvalue weighted by molar-refractivity contribution is 5.77. The number of alkyl halides is 2. The molecule has 4 heteroatoms. The highest BCUT2D eigenvalue weighted by Crippen LogP contribution is 2.60. The number of rotatable bonds is 6. The number of unbranched alkanes of at least 4 members (excludes halogenated alkanes) is 1. The Bertz CT molecular complexity index is 365. The molecule has 4 aliphatic carbocycles. The Morgan fingerprint density at radius 1 is 1.10 bits per heavy atom. The summed E-state index contributed by atoms with van der Waals surface area (Å²) in [6, 6.07) is 0. The molecule has 2 nitrogen and oxygen atoms in total. The zero-order chi connectivity index (χ0) is 15.1. The van der Waals surface area contributed by atoms with E-state index >= 15 is 0 Å². The minimum absolute atomic E-state index is 0.0372. The molecule has 4 aliphatic rings. The van der Waals surface area contributed by atoms with Gasteiger partial charge in [0, 0.05) is 6.42 Å². The maximum absolute atomic E-state index is 12.7. The quantitative estimate of drug-likeness (QED) is 0.530.